The van der Waals surface area contributed by atoms with Gasteiger partial charge in [-0.15, -0.1) is 0 Å². The van der Waals surface area contributed by atoms with Crippen LogP contribution in [0.3, 0.4) is 0 Å². The van der Waals surface area contributed by atoms with E-state index in [0.717, 1.165) is 19.3 Å². The molecule has 1 rings (SSSR count). The zero-order valence-corrected chi connectivity index (χ0v) is 45.7. The standard InChI is InChI=1S/C62H118O6/c1-2-3-4-5-6-7-8-9-10-11-12-13-14-15-16-17-18-19-20-21-22-23-24-25-26-27-28-29-30-31-32-33-34-35-36-37-38-39-40-41-42-43-44-45-46-47-48-49-50-51-52-53-59-54-60(65)67-57-62(55-63,56-64)58-68-61(59)66/h14-15,59,63-64H,2-13,16-58H2,1H3/b15-14+. The molecule has 1 aliphatic heterocycles. The van der Waals surface area contributed by atoms with Crippen LogP contribution >= 0.6 is 0 Å². The summed E-state index contributed by atoms with van der Waals surface area (Å²) < 4.78 is 10.6. The van der Waals surface area contributed by atoms with Crippen LogP contribution < -0.4 is 0 Å². The molecule has 6 nitrogen and oxygen atoms in total. The second kappa shape index (κ2) is 51.9. The number of aliphatic hydroxyl groups excluding tert-OH is 2. The van der Waals surface area contributed by atoms with E-state index in [1.54, 1.807) is 0 Å². The Labute approximate surface area is 423 Å². The fraction of sp³-hybridized carbons (Fsp3) is 0.935. The fourth-order valence-corrected chi connectivity index (χ4v) is 10.2. The summed E-state index contributed by atoms with van der Waals surface area (Å²) in [5.41, 5.74) is -1.12. The van der Waals surface area contributed by atoms with Gasteiger partial charge >= 0.3 is 11.9 Å². The first kappa shape index (κ1) is 64.6. The number of allylic oxidation sites excluding steroid dienone is 2. The summed E-state index contributed by atoms with van der Waals surface area (Å²) in [7, 11) is 0. The number of hydrogen-bond donors (Lipinski definition) is 2. The van der Waals surface area contributed by atoms with Crippen LogP contribution in [-0.2, 0) is 19.1 Å². The van der Waals surface area contributed by atoms with Crippen LogP contribution in [0.4, 0.5) is 0 Å². The predicted octanol–water partition coefficient (Wildman–Crippen LogP) is 19.1. The zero-order valence-electron chi connectivity index (χ0n) is 45.7. The highest BCUT2D eigenvalue weighted by Gasteiger charge is 2.36. The lowest BCUT2D eigenvalue weighted by molar-refractivity contribution is -0.155. The number of cyclic esters (lactones) is 2. The van der Waals surface area contributed by atoms with E-state index < -0.39 is 36.5 Å². The maximum atomic E-state index is 12.5. The van der Waals surface area contributed by atoms with Crippen LogP contribution in [0, 0.1) is 11.3 Å². The number of unbranched alkanes of at least 4 members (excludes halogenated alkanes) is 47. The topological polar surface area (TPSA) is 93.1 Å². The van der Waals surface area contributed by atoms with Crippen molar-refractivity contribution >= 4 is 11.9 Å². The molecule has 402 valence electrons. The Hall–Kier alpha value is -1.40. The third-order valence-electron chi connectivity index (χ3n) is 15.3. The van der Waals surface area contributed by atoms with E-state index in [-0.39, 0.29) is 19.6 Å². The van der Waals surface area contributed by atoms with Crippen molar-refractivity contribution in [1.82, 2.24) is 0 Å². The molecular weight excluding hydrogens is 841 g/mol. The smallest absolute Gasteiger partial charge is 0.309 e. The Morgan fingerprint density at radius 2 is 0.632 bits per heavy atom. The first-order valence-electron chi connectivity index (χ1n) is 30.8. The molecule has 0 aromatic rings. The third kappa shape index (κ3) is 43.4. The summed E-state index contributed by atoms with van der Waals surface area (Å²) in [6, 6.07) is 0. The average Bonchev–Trinajstić information content (AvgIpc) is 3.40. The lowest BCUT2D eigenvalue weighted by Crippen LogP contribution is -2.40. The van der Waals surface area contributed by atoms with Crippen molar-refractivity contribution in [2.45, 2.75) is 334 Å². The van der Waals surface area contributed by atoms with Crippen molar-refractivity contribution in [3.05, 3.63) is 12.2 Å². The number of rotatable bonds is 53. The Kier molecular flexibility index (Phi) is 49.4. The molecule has 0 spiro atoms. The number of hydrogen-bond acceptors (Lipinski definition) is 6. The van der Waals surface area contributed by atoms with Crippen LogP contribution in [0.5, 0.6) is 0 Å². The lowest BCUT2D eigenvalue weighted by Gasteiger charge is -2.27. The van der Waals surface area contributed by atoms with E-state index in [9.17, 15) is 19.8 Å². The molecule has 0 aliphatic carbocycles. The molecule has 2 N–H and O–H groups in total. The number of ether oxygens (including phenoxy) is 2. The van der Waals surface area contributed by atoms with E-state index in [0.29, 0.717) is 6.42 Å². The first-order chi connectivity index (χ1) is 33.6. The number of carbonyl (C=O) groups is 2. The molecule has 1 heterocycles. The van der Waals surface area contributed by atoms with Gasteiger partial charge in [-0.25, -0.2) is 0 Å². The van der Waals surface area contributed by atoms with Gasteiger partial charge in [0.05, 0.1) is 31.0 Å². The van der Waals surface area contributed by atoms with Crippen LogP contribution in [0.15, 0.2) is 12.2 Å². The third-order valence-corrected chi connectivity index (χ3v) is 15.3. The van der Waals surface area contributed by atoms with Crippen LogP contribution in [0.25, 0.3) is 0 Å². The molecule has 6 heteroatoms. The molecule has 1 fully saturated rings. The van der Waals surface area contributed by atoms with E-state index in [1.807, 2.05) is 0 Å². The van der Waals surface area contributed by atoms with Gasteiger partial charge in [-0.3, -0.25) is 9.59 Å². The van der Waals surface area contributed by atoms with Gasteiger partial charge in [0.2, 0.25) is 0 Å². The maximum absolute atomic E-state index is 12.5. The minimum Gasteiger partial charge on any atom is -0.465 e. The molecule has 0 saturated carbocycles. The summed E-state index contributed by atoms with van der Waals surface area (Å²) in [6.07, 6.45) is 74.2. The van der Waals surface area contributed by atoms with Gasteiger partial charge < -0.3 is 19.7 Å². The summed E-state index contributed by atoms with van der Waals surface area (Å²) in [4.78, 5) is 24.7. The van der Waals surface area contributed by atoms with Crippen molar-refractivity contribution in [2.24, 2.45) is 11.3 Å². The van der Waals surface area contributed by atoms with Gasteiger partial charge in [0.1, 0.15) is 13.2 Å². The monoisotopic (exact) mass is 959 g/mol. The number of aliphatic hydroxyl groups is 2. The van der Waals surface area contributed by atoms with Crippen molar-refractivity contribution in [1.29, 1.82) is 0 Å². The van der Waals surface area contributed by atoms with E-state index in [1.165, 1.54) is 295 Å². The summed E-state index contributed by atoms with van der Waals surface area (Å²) in [5.74, 6) is -1.40. The van der Waals surface area contributed by atoms with Gasteiger partial charge in [0, 0.05) is 0 Å². The summed E-state index contributed by atoms with van der Waals surface area (Å²) >= 11 is 0. The normalized spacial score (nSPS) is 15.4. The summed E-state index contributed by atoms with van der Waals surface area (Å²) in [5, 5.41) is 19.2. The average molecular weight is 960 g/mol. The van der Waals surface area contributed by atoms with Gasteiger partial charge in [0.15, 0.2) is 0 Å². The van der Waals surface area contributed by atoms with Crippen molar-refractivity contribution in [3.8, 4) is 0 Å². The molecule has 1 atom stereocenters. The Morgan fingerprint density at radius 1 is 0.382 bits per heavy atom. The predicted molar refractivity (Wildman–Crippen MR) is 292 cm³/mol. The largest absolute Gasteiger partial charge is 0.465 e. The van der Waals surface area contributed by atoms with Crippen LogP contribution in [0.1, 0.15) is 334 Å². The second-order valence-electron chi connectivity index (χ2n) is 22.1. The Bertz CT molecular complexity index is 1070. The molecule has 1 aliphatic rings. The fourth-order valence-electron chi connectivity index (χ4n) is 10.2. The molecule has 0 amide bonds. The molecule has 0 aromatic carbocycles. The molecular formula is C62H118O6. The SMILES string of the molecule is CCCCCCCCCCCCC/C=C/CCCCCCCCCCCCCCCCCCCCCCCCCCCCCCCCCCCCCCC1CC(=O)OCC(CO)(CO)COC1=O. The maximum Gasteiger partial charge on any atom is 0.309 e. The van der Waals surface area contributed by atoms with Crippen LogP contribution in [0.2, 0.25) is 0 Å². The highest BCUT2D eigenvalue weighted by Crippen LogP contribution is 2.25. The number of esters is 2. The van der Waals surface area contributed by atoms with Crippen molar-refractivity contribution in [3.63, 3.8) is 0 Å². The van der Waals surface area contributed by atoms with Crippen molar-refractivity contribution in [2.75, 3.05) is 26.4 Å². The van der Waals surface area contributed by atoms with E-state index >= 15 is 0 Å². The minimum absolute atomic E-state index is 0.00498. The van der Waals surface area contributed by atoms with E-state index in [2.05, 4.69) is 19.1 Å². The Morgan fingerprint density at radius 3 is 0.912 bits per heavy atom. The van der Waals surface area contributed by atoms with Gasteiger partial charge in [0.25, 0.3) is 0 Å². The van der Waals surface area contributed by atoms with Gasteiger partial charge in [-0.1, -0.05) is 308 Å². The van der Waals surface area contributed by atoms with Gasteiger partial charge in [-0.05, 0) is 32.1 Å². The molecule has 0 radical (unpaired) electrons. The highest BCUT2D eigenvalue weighted by atomic mass is 16.6. The van der Waals surface area contributed by atoms with Crippen LogP contribution in [-0.4, -0.2) is 48.6 Å². The first-order valence-corrected chi connectivity index (χ1v) is 30.8. The summed E-state index contributed by atoms with van der Waals surface area (Å²) in [6.45, 7) is 1.21. The highest BCUT2D eigenvalue weighted by molar-refractivity contribution is 5.80. The molecule has 68 heavy (non-hydrogen) atoms. The number of carbonyl (C=O) groups excluding carboxylic acids is 2. The lowest BCUT2D eigenvalue weighted by atomic mass is 9.92. The van der Waals surface area contributed by atoms with Crippen molar-refractivity contribution < 1.29 is 29.3 Å². The quantitative estimate of drug-likeness (QED) is 0.0358. The molecule has 1 unspecified atom stereocenters. The molecule has 0 aromatic heterocycles. The molecule has 0 bridgehead atoms. The second-order valence-corrected chi connectivity index (χ2v) is 22.1. The van der Waals surface area contributed by atoms with Gasteiger partial charge in [-0.2, -0.15) is 0 Å². The Balaban J connectivity index is 1.68. The van der Waals surface area contributed by atoms with E-state index in [4.69, 9.17) is 9.47 Å². The zero-order chi connectivity index (χ0) is 49.0. The minimum atomic E-state index is -1.12. The molecule has 1 saturated heterocycles.